The first-order chi connectivity index (χ1) is 8.65. The van der Waals surface area contributed by atoms with Crippen LogP contribution in [0.15, 0.2) is 48.5 Å². The molecule has 4 heteroatoms. The minimum absolute atomic E-state index is 0.0232. The molecule has 0 saturated heterocycles. The molecule has 0 radical (unpaired) electrons. The molecule has 1 N–H and O–H groups in total. The number of aromatic nitrogens is 3. The van der Waals surface area contributed by atoms with Crippen molar-refractivity contribution in [2.45, 2.75) is 0 Å². The number of para-hydroxylation sites is 2. The standard InChI is InChI=1S/C12H9N3O/c16-12-8-4-3-7-11(12)15-13-9-5-1-2-6-10(9)14-15/h1-8,16H/i1T,8T. The SMILES string of the molecule is [3H]c1ccc2nn(-c3cccc([3H])c3O)nc2c1. The van der Waals surface area contributed by atoms with E-state index in [4.69, 9.17) is 2.74 Å². The van der Waals surface area contributed by atoms with E-state index in [1.54, 1.807) is 30.3 Å². The second kappa shape index (κ2) is 3.34. The predicted octanol–water partition coefficient (Wildman–Crippen LogP) is 2.13. The van der Waals surface area contributed by atoms with Crippen molar-refractivity contribution in [3.63, 3.8) is 0 Å². The molecule has 0 atom stereocenters. The van der Waals surface area contributed by atoms with E-state index in [9.17, 15) is 5.11 Å². The average Bonchev–Trinajstić information content (AvgIpc) is 2.75. The van der Waals surface area contributed by atoms with Gasteiger partial charge in [-0.1, -0.05) is 24.2 Å². The van der Waals surface area contributed by atoms with Crippen LogP contribution in [0.25, 0.3) is 16.7 Å². The van der Waals surface area contributed by atoms with Gasteiger partial charge < -0.3 is 5.11 Å². The summed E-state index contributed by atoms with van der Waals surface area (Å²) in [6, 6.07) is 10.1. The van der Waals surface area contributed by atoms with Crippen LogP contribution in [0.3, 0.4) is 0 Å². The molecule has 1 aromatic heterocycles. The largest absolute Gasteiger partial charge is 0.506 e. The number of hydrogen-bond acceptors (Lipinski definition) is 3. The molecule has 16 heavy (non-hydrogen) atoms. The minimum atomic E-state index is -0.163. The van der Waals surface area contributed by atoms with Crippen LogP contribution in [-0.2, 0) is 0 Å². The van der Waals surface area contributed by atoms with E-state index in [2.05, 4.69) is 10.2 Å². The van der Waals surface area contributed by atoms with E-state index >= 15 is 0 Å². The van der Waals surface area contributed by atoms with Crippen LogP contribution in [0, 0.1) is 0 Å². The first-order valence-corrected chi connectivity index (χ1v) is 4.78. The third kappa shape index (κ3) is 1.32. The predicted molar refractivity (Wildman–Crippen MR) is 60.5 cm³/mol. The van der Waals surface area contributed by atoms with Gasteiger partial charge in [0.25, 0.3) is 0 Å². The van der Waals surface area contributed by atoms with Crippen LogP contribution in [0.2, 0.25) is 0 Å². The molecular weight excluding hydrogens is 202 g/mol. The highest BCUT2D eigenvalue weighted by molar-refractivity contribution is 5.73. The van der Waals surface area contributed by atoms with Gasteiger partial charge >= 0.3 is 0 Å². The highest BCUT2D eigenvalue weighted by Gasteiger charge is 2.06. The Bertz CT molecular complexity index is 739. The smallest absolute Gasteiger partial charge is 0.143 e. The van der Waals surface area contributed by atoms with E-state index in [-0.39, 0.29) is 11.8 Å². The van der Waals surface area contributed by atoms with Crippen molar-refractivity contribution in [3.05, 3.63) is 48.5 Å². The van der Waals surface area contributed by atoms with Gasteiger partial charge in [0.2, 0.25) is 0 Å². The molecule has 2 aromatic carbocycles. The third-order valence-corrected chi connectivity index (χ3v) is 2.25. The third-order valence-electron chi connectivity index (χ3n) is 2.25. The number of rotatable bonds is 1. The molecule has 0 amide bonds. The molecule has 3 aromatic rings. The van der Waals surface area contributed by atoms with Gasteiger partial charge in [0.15, 0.2) is 0 Å². The van der Waals surface area contributed by atoms with Gasteiger partial charge in [-0.2, -0.15) is 0 Å². The summed E-state index contributed by atoms with van der Waals surface area (Å²) in [5, 5.41) is 18.2. The van der Waals surface area contributed by atoms with Crippen LogP contribution in [0.4, 0.5) is 0 Å². The van der Waals surface area contributed by atoms with Crippen LogP contribution in [0.5, 0.6) is 5.75 Å². The average molecular weight is 215 g/mol. The van der Waals surface area contributed by atoms with Crippen molar-refractivity contribution in [1.82, 2.24) is 15.0 Å². The fourth-order valence-corrected chi connectivity index (χ4v) is 1.49. The maximum Gasteiger partial charge on any atom is 0.143 e. The number of fused-ring (bicyclic) bond motifs is 1. The monoisotopic (exact) mass is 215 g/mol. The van der Waals surface area contributed by atoms with Gasteiger partial charge in [-0.15, -0.1) is 15.0 Å². The molecule has 78 valence electrons. The molecule has 0 unspecified atom stereocenters. The lowest BCUT2D eigenvalue weighted by atomic mass is 10.3. The highest BCUT2D eigenvalue weighted by Crippen LogP contribution is 2.20. The van der Waals surface area contributed by atoms with E-state index in [0.29, 0.717) is 22.8 Å². The topological polar surface area (TPSA) is 50.9 Å². The van der Waals surface area contributed by atoms with Crippen molar-refractivity contribution in [2.75, 3.05) is 0 Å². The number of nitrogens with zero attached hydrogens (tertiary/aromatic N) is 3. The molecule has 1 heterocycles. The van der Waals surface area contributed by atoms with Crippen molar-refractivity contribution in [2.24, 2.45) is 0 Å². The lowest BCUT2D eigenvalue weighted by molar-refractivity contribution is 0.468. The molecular formula is C12H9N3O. The van der Waals surface area contributed by atoms with E-state index in [0.717, 1.165) is 0 Å². The Morgan fingerprint density at radius 1 is 1.06 bits per heavy atom. The molecule has 3 rings (SSSR count). The second-order valence-corrected chi connectivity index (χ2v) is 3.31. The summed E-state index contributed by atoms with van der Waals surface area (Å²) in [5.41, 5.74) is 1.57. The highest BCUT2D eigenvalue weighted by atomic mass is 16.3. The number of hydrogen-bond donors (Lipinski definition) is 1. The number of benzene rings is 2. The Kier molecular flexibility index (Phi) is 1.46. The Morgan fingerprint density at radius 3 is 2.75 bits per heavy atom. The zero-order valence-electron chi connectivity index (χ0n) is 10.3. The van der Waals surface area contributed by atoms with Gasteiger partial charge in [0, 0.05) is 0 Å². The normalized spacial score (nSPS) is 12.5. The van der Waals surface area contributed by atoms with Gasteiger partial charge in [-0.05, 0) is 24.2 Å². The maximum atomic E-state index is 9.81. The van der Waals surface area contributed by atoms with Gasteiger partial charge in [0.05, 0.1) is 2.74 Å². The lowest BCUT2D eigenvalue weighted by Gasteiger charge is -2.00. The molecule has 0 fully saturated rings. The lowest BCUT2D eigenvalue weighted by Crippen LogP contribution is -1.98. The quantitative estimate of drug-likeness (QED) is 0.676. The molecule has 0 aliphatic rings. The van der Waals surface area contributed by atoms with E-state index in [1.807, 2.05) is 0 Å². The van der Waals surface area contributed by atoms with Gasteiger partial charge in [-0.3, -0.25) is 0 Å². The first-order valence-electron chi connectivity index (χ1n) is 5.78. The molecule has 0 spiro atoms. The Morgan fingerprint density at radius 2 is 1.88 bits per heavy atom. The minimum Gasteiger partial charge on any atom is -0.506 e. The Labute approximate surface area is 94.6 Å². The van der Waals surface area contributed by atoms with Crippen LogP contribution < -0.4 is 0 Å². The molecule has 0 bridgehead atoms. The zero-order valence-corrected chi connectivity index (χ0v) is 8.25. The van der Waals surface area contributed by atoms with Crippen molar-refractivity contribution in [3.8, 4) is 11.4 Å². The fourth-order valence-electron chi connectivity index (χ4n) is 1.49. The van der Waals surface area contributed by atoms with Crippen LogP contribution in [0.1, 0.15) is 2.74 Å². The fraction of sp³-hybridized carbons (Fsp3) is 0. The van der Waals surface area contributed by atoms with Crippen molar-refractivity contribution < 1.29 is 7.85 Å². The second-order valence-electron chi connectivity index (χ2n) is 3.31. The summed E-state index contributed by atoms with van der Waals surface area (Å²) in [5.74, 6) is -0.163. The van der Waals surface area contributed by atoms with E-state index in [1.165, 1.54) is 10.9 Å². The van der Waals surface area contributed by atoms with Crippen LogP contribution in [-0.4, -0.2) is 20.1 Å². The summed E-state index contributed by atoms with van der Waals surface area (Å²) in [6.45, 7) is 0. The Hall–Kier alpha value is -2.36. The van der Waals surface area contributed by atoms with E-state index < -0.39 is 0 Å². The molecule has 0 saturated carbocycles. The Balaban J connectivity index is 2.22. The summed E-state index contributed by atoms with van der Waals surface area (Å²) < 4.78 is 15.0. The van der Waals surface area contributed by atoms with Crippen molar-refractivity contribution in [1.29, 1.82) is 0 Å². The zero-order chi connectivity index (χ0) is 12.7. The number of phenolic OH excluding ortho intramolecular Hbond substituents is 1. The molecule has 4 nitrogen and oxygen atoms in total. The summed E-state index contributed by atoms with van der Waals surface area (Å²) in [7, 11) is 0. The van der Waals surface area contributed by atoms with Gasteiger partial charge in [-0.25, -0.2) is 0 Å². The number of aromatic hydroxyl groups is 1. The summed E-state index contributed by atoms with van der Waals surface area (Å²) >= 11 is 0. The first kappa shape index (κ1) is 7.00. The number of phenols is 1. The summed E-state index contributed by atoms with van der Waals surface area (Å²) in [6.07, 6.45) is 0. The van der Waals surface area contributed by atoms with Crippen molar-refractivity contribution >= 4 is 11.0 Å². The van der Waals surface area contributed by atoms with Gasteiger partial charge in [0.1, 0.15) is 22.5 Å². The summed E-state index contributed by atoms with van der Waals surface area (Å²) in [4.78, 5) is 1.28. The molecule has 0 aliphatic carbocycles. The maximum absolute atomic E-state index is 9.81. The molecule has 0 aliphatic heterocycles. The van der Waals surface area contributed by atoms with Crippen LogP contribution >= 0.6 is 0 Å².